The first kappa shape index (κ1) is 19.4. The van der Waals surface area contributed by atoms with Crippen LogP contribution in [0.2, 0.25) is 0 Å². The maximum absolute atomic E-state index is 11.7. The van der Waals surface area contributed by atoms with Crippen LogP contribution in [0.5, 0.6) is 0 Å². The summed E-state index contributed by atoms with van der Waals surface area (Å²) in [5, 5.41) is 14.5. The quantitative estimate of drug-likeness (QED) is 0.421. The molecule has 26 heavy (non-hydrogen) atoms. The molecule has 1 aromatic heterocycles. The van der Waals surface area contributed by atoms with Crippen molar-refractivity contribution in [2.45, 2.75) is 33.4 Å². The van der Waals surface area contributed by atoms with Crippen molar-refractivity contribution in [1.29, 1.82) is 0 Å². The number of aromatic nitrogens is 3. The zero-order valence-corrected chi connectivity index (χ0v) is 15.5. The van der Waals surface area contributed by atoms with Gasteiger partial charge in [0.25, 0.3) is 0 Å². The van der Waals surface area contributed by atoms with Crippen LogP contribution in [0, 0.1) is 0 Å². The number of aryl methyl sites for hydroxylation is 1. The molecule has 2 N–H and O–H groups in total. The number of carbonyl (C=O) groups is 1. The van der Waals surface area contributed by atoms with Crippen molar-refractivity contribution in [1.82, 2.24) is 25.4 Å². The van der Waals surface area contributed by atoms with Crippen LogP contribution in [0.1, 0.15) is 35.6 Å². The second-order valence-corrected chi connectivity index (χ2v) is 5.56. The number of guanidine groups is 1. The number of hydrogen-bond acceptors (Lipinski definition) is 5. The number of ether oxygens (including phenoxy) is 1. The van der Waals surface area contributed by atoms with Gasteiger partial charge in [0.1, 0.15) is 12.2 Å². The molecule has 0 spiro atoms. The summed E-state index contributed by atoms with van der Waals surface area (Å²) in [6.07, 6.45) is 2.59. The highest BCUT2D eigenvalue weighted by molar-refractivity contribution is 5.89. The van der Waals surface area contributed by atoms with Crippen molar-refractivity contribution in [3.8, 4) is 0 Å². The topological polar surface area (TPSA) is 93.4 Å². The van der Waals surface area contributed by atoms with Gasteiger partial charge in [0.05, 0.1) is 12.2 Å². The highest BCUT2D eigenvalue weighted by Crippen LogP contribution is 2.06. The Balaban J connectivity index is 1.78. The van der Waals surface area contributed by atoms with Crippen LogP contribution in [-0.4, -0.2) is 46.9 Å². The van der Waals surface area contributed by atoms with E-state index in [1.54, 1.807) is 32.4 Å². The average molecular weight is 358 g/mol. The van der Waals surface area contributed by atoms with Gasteiger partial charge < -0.3 is 19.9 Å². The van der Waals surface area contributed by atoms with Crippen LogP contribution in [-0.2, 0) is 24.2 Å². The summed E-state index contributed by atoms with van der Waals surface area (Å²) in [5.74, 6) is 1.38. The molecule has 8 heteroatoms. The molecule has 0 unspecified atom stereocenters. The van der Waals surface area contributed by atoms with Crippen molar-refractivity contribution >= 4 is 11.9 Å². The summed E-state index contributed by atoms with van der Waals surface area (Å²) in [6, 6.07) is 7.33. The van der Waals surface area contributed by atoms with E-state index >= 15 is 0 Å². The van der Waals surface area contributed by atoms with E-state index in [0.29, 0.717) is 31.2 Å². The summed E-state index contributed by atoms with van der Waals surface area (Å²) in [4.78, 5) is 15.9. The Kier molecular flexibility index (Phi) is 7.60. The fourth-order valence-electron chi connectivity index (χ4n) is 2.41. The molecular formula is C18H26N6O2. The minimum atomic E-state index is -0.301. The summed E-state index contributed by atoms with van der Waals surface area (Å²) < 4.78 is 7.00. The van der Waals surface area contributed by atoms with Gasteiger partial charge in [-0.05, 0) is 24.6 Å². The number of aliphatic imine (C=N–C) groups is 1. The second-order valence-electron chi connectivity index (χ2n) is 5.56. The Bertz CT molecular complexity index is 724. The van der Waals surface area contributed by atoms with E-state index in [4.69, 9.17) is 4.74 Å². The second kappa shape index (κ2) is 10.2. The van der Waals surface area contributed by atoms with Gasteiger partial charge in [0.15, 0.2) is 5.96 Å². The predicted molar refractivity (Wildman–Crippen MR) is 100.0 cm³/mol. The van der Waals surface area contributed by atoms with Crippen molar-refractivity contribution in [2.24, 2.45) is 4.99 Å². The lowest BCUT2D eigenvalue weighted by Gasteiger charge is -2.13. The zero-order valence-electron chi connectivity index (χ0n) is 15.5. The summed E-state index contributed by atoms with van der Waals surface area (Å²) in [5.41, 5.74) is 1.60. The molecule has 0 aliphatic rings. The first-order chi connectivity index (χ1) is 12.7. The monoisotopic (exact) mass is 358 g/mol. The van der Waals surface area contributed by atoms with E-state index < -0.39 is 0 Å². The summed E-state index contributed by atoms with van der Waals surface area (Å²) >= 11 is 0. The molecule has 1 aromatic carbocycles. The molecule has 8 nitrogen and oxygen atoms in total. The van der Waals surface area contributed by atoms with Gasteiger partial charge in [-0.3, -0.25) is 4.99 Å². The predicted octanol–water partition coefficient (Wildman–Crippen LogP) is 1.38. The van der Waals surface area contributed by atoms with Crippen molar-refractivity contribution in [3.63, 3.8) is 0 Å². The number of esters is 1. The maximum atomic E-state index is 11.7. The summed E-state index contributed by atoms with van der Waals surface area (Å²) in [6.45, 7) is 6.31. The Hall–Kier alpha value is -2.90. The van der Waals surface area contributed by atoms with E-state index in [0.717, 1.165) is 24.4 Å². The lowest BCUT2D eigenvalue weighted by Crippen LogP contribution is -2.38. The van der Waals surface area contributed by atoms with Crippen molar-refractivity contribution in [3.05, 3.63) is 47.5 Å². The standard InChI is InChI=1S/C18H26N6O2/c1-4-16-23-22-13-24(16)11-10-20-18(19-3)21-12-14-6-8-15(9-7-14)17(25)26-5-2/h6-9,13H,4-5,10-12H2,1-3H3,(H2,19,20,21). The number of rotatable bonds is 8. The molecule has 2 aromatic rings. The van der Waals surface area contributed by atoms with E-state index in [9.17, 15) is 4.79 Å². The smallest absolute Gasteiger partial charge is 0.338 e. The average Bonchev–Trinajstić information content (AvgIpc) is 3.12. The molecule has 0 bridgehead atoms. The van der Waals surface area contributed by atoms with Crippen LogP contribution in [0.3, 0.4) is 0 Å². The Morgan fingerprint density at radius 2 is 2.00 bits per heavy atom. The summed E-state index contributed by atoms with van der Waals surface area (Å²) in [7, 11) is 1.73. The van der Waals surface area contributed by atoms with Crippen LogP contribution in [0.4, 0.5) is 0 Å². The molecule has 140 valence electrons. The zero-order chi connectivity index (χ0) is 18.8. The lowest BCUT2D eigenvalue weighted by molar-refractivity contribution is 0.0526. The molecule has 0 saturated carbocycles. The first-order valence-corrected chi connectivity index (χ1v) is 8.75. The number of nitrogens with zero attached hydrogens (tertiary/aromatic N) is 4. The van der Waals surface area contributed by atoms with Gasteiger partial charge in [-0.2, -0.15) is 0 Å². The van der Waals surface area contributed by atoms with Crippen LogP contribution >= 0.6 is 0 Å². The SMILES string of the molecule is CCOC(=O)c1ccc(CNC(=NC)NCCn2cnnc2CC)cc1. The molecule has 1 heterocycles. The normalized spacial score (nSPS) is 11.3. The van der Waals surface area contributed by atoms with E-state index in [1.165, 1.54) is 0 Å². The maximum Gasteiger partial charge on any atom is 0.338 e. The minimum absolute atomic E-state index is 0.301. The third-order valence-corrected chi connectivity index (χ3v) is 3.81. The lowest BCUT2D eigenvalue weighted by atomic mass is 10.1. The van der Waals surface area contributed by atoms with E-state index in [2.05, 4.69) is 32.7 Å². The fraction of sp³-hybridized carbons (Fsp3) is 0.444. The number of hydrogen-bond donors (Lipinski definition) is 2. The van der Waals surface area contributed by atoms with Gasteiger partial charge in [0.2, 0.25) is 0 Å². The third-order valence-electron chi connectivity index (χ3n) is 3.81. The molecule has 0 radical (unpaired) electrons. The Morgan fingerprint density at radius 3 is 2.65 bits per heavy atom. The largest absolute Gasteiger partial charge is 0.462 e. The Morgan fingerprint density at radius 1 is 1.23 bits per heavy atom. The number of benzene rings is 1. The van der Waals surface area contributed by atoms with Crippen LogP contribution < -0.4 is 10.6 Å². The Labute approximate surface area is 153 Å². The van der Waals surface area contributed by atoms with Gasteiger partial charge in [0, 0.05) is 33.1 Å². The molecule has 0 fully saturated rings. The number of carbonyl (C=O) groups excluding carboxylic acids is 1. The molecule has 0 saturated heterocycles. The minimum Gasteiger partial charge on any atom is -0.462 e. The van der Waals surface area contributed by atoms with Gasteiger partial charge in [-0.15, -0.1) is 10.2 Å². The molecular weight excluding hydrogens is 332 g/mol. The molecule has 0 atom stereocenters. The van der Waals surface area contributed by atoms with Crippen molar-refractivity contribution in [2.75, 3.05) is 20.2 Å². The van der Waals surface area contributed by atoms with Gasteiger partial charge >= 0.3 is 5.97 Å². The van der Waals surface area contributed by atoms with E-state index in [-0.39, 0.29) is 5.97 Å². The molecule has 0 aliphatic heterocycles. The first-order valence-electron chi connectivity index (χ1n) is 8.75. The number of nitrogens with one attached hydrogen (secondary N) is 2. The molecule has 2 rings (SSSR count). The van der Waals surface area contributed by atoms with Crippen molar-refractivity contribution < 1.29 is 9.53 Å². The third kappa shape index (κ3) is 5.58. The fourth-order valence-corrected chi connectivity index (χ4v) is 2.41. The molecule has 0 amide bonds. The van der Waals surface area contributed by atoms with Crippen LogP contribution in [0.25, 0.3) is 0 Å². The van der Waals surface area contributed by atoms with E-state index in [1.807, 2.05) is 16.7 Å². The molecule has 0 aliphatic carbocycles. The van der Waals surface area contributed by atoms with Gasteiger partial charge in [-0.1, -0.05) is 19.1 Å². The highest BCUT2D eigenvalue weighted by atomic mass is 16.5. The highest BCUT2D eigenvalue weighted by Gasteiger charge is 2.06. The van der Waals surface area contributed by atoms with Gasteiger partial charge in [-0.25, -0.2) is 4.79 Å². The van der Waals surface area contributed by atoms with Crippen LogP contribution in [0.15, 0.2) is 35.6 Å².